The zero-order chi connectivity index (χ0) is 36.8. The number of hydrogen-bond acceptors (Lipinski definition) is 4. The number of amides is 2. The highest BCUT2D eigenvalue weighted by Crippen LogP contribution is 2.69. The Hall–Kier alpha value is -2.64. The molecule has 7 heteroatoms. The molecular formula is C44H67N3O4. The highest BCUT2D eigenvalue weighted by Gasteiger charge is 2.64. The molecule has 282 valence electrons. The molecule has 0 radical (unpaired) electrons. The molecule has 4 fully saturated rings. The van der Waals surface area contributed by atoms with Gasteiger partial charge in [-0.3, -0.25) is 4.90 Å². The molecule has 8 unspecified atom stereocenters. The first-order valence-electron chi connectivity index (χ1n) is 20.3. The lowest BCUT2D eigenvalue weighted by Crippen LogP contribution is -2.65. The SMILES string of the molecule is C=C(C)C1CCC2(NC(=O)N3CCCN(CCO)CC3)CCC3(C)C(CCCC3(C)CCC3C(C)CC=C(c4ccc(C(=O)O)cc4)C3(C)C)C12. The summed E-state index contributed by atoms with van der Waals surface area (Å²) in [6, 6.07) is 7.62. The van der Waals surface area contributed by atoms with E-state index in [-0.39, 0.29) is 34.4 Å². The van der Waals surface area contributed by atoms with Crippen LogP contribution < -0.4 is 5.32 Å². The van der Waals surface area contributed by atoms with Crippen molar-refractivity contribution in [3.8, 4) is 0 Å². The lowest BCUT2D eigenvalue weighted by Gasteiger charge is -2.64. The number of carbonyl (C=O) groups excluding carboxylic acids is 1. The third-order valence-corrected chi connectivity index (χ3v) is 15.7. The van der Waals surface area contributed by atoms with Crippen LogP contribution in [0.15, 0.2) is 42.5 Å². The van der Waals surface area contributed by atoms with Gasteiger partial charge in [-0.05, 0) is 147 Å². The Kier molecular flexibility index (Phi) is 10.9. The molecule has 1 heterocycles. The fourth-order valence-corrected chi connectivity index (χ4v) is 12.5. The van der Waals surface area contributed by atoms with Crippen LogP contribution in [0.4, 0.5) is 4.79 Å². The molecule has 5 aliphatic rings. The van der Waals surface area contributed by atoms with Gasteiger partial charge < -0.3 is 20.4 Å². The van der Waals surface area contributed by atoms with E-state index in [1.165, 1.54) is 43.3 Å². The minimum absolute atomic E-state index is 0.0152. The van der Waals surface area contributed by atoms with Crippen LogP contribution in [0.25, 0.3) is 5.57 Å². The molecule has 1 aliphatic heterocycles. The second kappa shape index (κ2) is 14.6. The third kappa shape index (κ3) is 6.96. The van der Waals surface area contributed by atoms with Crippen LogP contribution in [0.1, 0.15) is 128 Å². The minimum Gasteiger partial charge on any atom is -0.478 e. The summed E-state index contributed by atoms with van der Waals surface area (Å²) in [5.74, 6) is 1.66. The van der Waals surface area contributed by atoms with Crippen LogP contribution in [0, 0.1) is 45.8 Å². The number of fused-ring (bicyclic) bond motifs is 3. The standard InChI is InChI=1S/C44H67N3O4/c1-30(2)34-17-21-44(45-40(51)47-25-9-24-46(26-27-47)28-29-48)23-22-43(7)37(38(34)44)10-8-19-42(43,6)20-18-35-31(3)11-16-36(41(35,4)5)32-12-14-33(15-13-32)39(49)50/h12-16,31,34-35,37-38,48H,1,8-11,17-29H2,2-7H3,(H,45,51)(H,49,50). The Labute approximate surface area is 308 Å². The van der Waals surface area contributed by atoms with Crippen molar-refractivity contribution >= 4 is 17.6 Å². The summed E-state index contributed by atoms with van der Waals surface area (Å²) in [5.41, 5.74) is 4.37. The summed E-state index contributed by atoms with van der Waals surface area (Å²) in [4.78, 5) is 30.0. The summed E-state index contributed by atoms with van der Waals surface area (Å²) in [6.45, 7) is 23.4. The van der Waals surface area contributed by atoms with Crippen LogP contribution in [0.2, 0.25) is 0 Å². The van der Waals surface area contributed by atoms with Crippen molar-refractivity contribution in [3.05, 3.63) is 53.6 Å². The maximum absolute atomic E-state index is 14.1. The van der Waals surface area contributed by atoms with E-state index in [1.807, 2.05) is 17.0 Å². The van der Waals surface area contributed by atoms with Crippen LogP contribution in [0.3, 0.4) is 0 Å². The van der Waals surface area contributed by atoms with Crippen molar-refractivity contribution in [1.82, 2.24) is 15.1 Å². The van der Waals surface area contributed by atoms with Crippen molar-refractivity contribution in [2.24, 2.45) is 45.8 Å². The van der Waals surface area contributed by atoms with Gasteiger partial charge >= 0.3 is 12.0 Å². The van der Waals surface area contributed by atoms with Gasteiger partial charge in [0.2, 0.25) is 0 Å². The zero-order valence-electron chi connectivity index (χ0n) is 32.6. The number of aliphatic hydroxyl groups is 1. The number of hydrogen-bond donors (Lipinski definition) is 3. The lowest BCUT2D eigenvalue weighted by molar-refractivity contribution is -0.128. The molecule has 3 N–H and O–H groups in total. The van der Waals surface area contributed by atoms with Crippen LogP contribution in [-0.4, -0.2) is 76.9 Å². The molecule has 1 aromatic rings. The second-order valence-electron chi connectivity index (χ2n) is 18.6. The number of allylic oxidation sites excluding steroid dienone is 3. The average molecular weight is 702 g/mol. The topological polar surface area (TPSA) is 93.1 Å². The molecule has 0 aromatic heterocycles. The maximum atomic E-state index is 14.1. The normalized spacial score (nSPS) is 36.7. The predicted octanol–water partition coefficient (Wildman–Crippen LogP) is 8.89. The van der Waals surface area contributed by atoms with Gasteiger partial charge in [-0.1, -0.05) is 71.4 Å². The minimum atomic E-state index is -0.879. The Balaban J connectivity index is 1.21. The molecule has 3 saturated carbocycles. The largest absolute Gasteiger partial charge is 0.478 e. The first kappa shape index (κ1) is 38.1. The van der Waals surface area contributed by atoms with Crippen molar-refractivity contribution in [3.63, 3.8) is 0 Å². The number of nitrogens with one attached hydrogen (secondary N) is 1. The second-order valence-corrected chi connectivity index (χ2v) is 18.6. The maximum Gasteiger partial charge on any atom is 0.335 e. The molecule has 2 amide bonds. The van der Waals surface area contributed by atoms with Gasteiger partial charge in [0.25, 0.3) is 0 Å². The summed E-state index contributed by atoms with van der Waals surface area (Å²) >= 11 is 0. The van der Waals surface area contributed by atoms with Crippen LogP contribution >= 0.6 is 0 Å². The van der Waals surface area contributed by atoms with Gasteiger partial charge in [-0.2, -0.15) is 0 Å². The van der Waals surface area contributed by atoms with Gasteiger partial charge in [-0.15, -0.1) is 0 Å². The number of carbonyl (C=O) groups is 2. The molecule has 6 rings (SSSR count). The number of aliphatic hydroxyl groups excluding tert-OH is 1. The first-order valence-corrected chi connectivity index (χ1v) is 20.3. The van der Waals surface area contributed by atoms with Gasteiger partial charge in [0, 0.05) is 31.7 Å². The van der Waals surface area contributed by atoms with E-state index < -0.39 is 5.97 Å². The van der Waals surface area contributed by atoms with Crippen molar-refractivity contribution in [1.29, 1.82) is 0 Å². The molecule has 4 aliphatic carbocycles. The number of benzene rings is 1. The highest BCUT2D eigenvalue weighted by molar-refractivity contribution is 5.88. The first-order chi connectivity index (χ1) is 24.2. The molecular weight excluding hydrogens is 635 g/mol. The number of β-amino-alcohol motifs (C(OH)–C–C–N with tert-alkyl or cyclic N) is 1. The van der Waals surface area contributed by atoms with Crippen LogP contribution in [-0.2, 0) is 0 Å². The average Bonchev–Trinajstić information content (AvgIpc) is 3.29. The lowest BCUT2D eigenvalue weighted by atomic mass is 9.42. The van der Waals surface area contributed by atoms with Crippen molar-refractivity contribution < 1.29 is 19.8 Å². The fraction of sp³-hybridized carbons (Fsp3) is 0.727. The Morgan fingerprint density at radius 1 is 0.961 bits per heavy atom. The summed E-state index contributed by atoms with van der Waals surface area (Å²) in [5, 5.41) is 22.7. The fourth-order valence-electron chi connectivity index (χ4n) is 12.5. The molecule has 0 spiro atoms. The highest BCUT2D eigenvalue weighted by atomic mass is 16.4. The van der Waals surface area contributed by atoms with Crippen molar-refractivity contribution in [2.45, 2.75) is 118 Å². The molecule has 8 atom stereocenters. The smallest absolute Gasteiger partial charge is 0.335 e. The van der Waals surface area contributed by atoms with E-state index in [4.69, 9.17) is 0 Å². The molecule has 7 nitrogen and oxygen atoms in total. The van der Waals surface area contributed by atoms with E-state index in [0.717, 1.165) is 70.3 Å². The number of rotatable bonds is 9. The molecule has 1 aromatic carbocycles. The van der Waals surface area contributed by atoms with Crippen LogP contribution in [0.5, 0.6) is 0 Å². The number of carboxylic acids is 1. The van der Waals surface area contributed by atoms with E-state index in [2.05, 4.69) is 64.4 Å². The third-order valence-electron chi connectivity index (χ3n) is 15.7. The monoisotopic (exact) mass is 702 g/mol. The number of urea groups is 1. The van der Waals surface area contributed by atoms with E-state index >= 15 is 0 Å². The quantitative estimate of drug-likeness (QED) is 0.224. The van der Waals surface area contributed by atoms with E-state index in [9.17, 15) is 19.8 Å². The summed E-state index contributed by atoms with van der Waals surface area (Å²) in [6.07, 6.45) is 14.9. The number of nitrogens with zero attached hydrogens (tertiary/aromatic N) is 2. The summed E-state index contributed by atoms with van der Waals surface area (Å²) in [7, 11) is 0. The Morgan fingerprint density at radius 3 is 2.39 bits per heavy atom. The van der Waals surface area contributed by atoms with Gasteiger partial charge in [0.05, 0.1) is 12.2 Å². The Morgan fingerprint density at radius 2 is 1.71 bits per heavy atom. The Bertz CT molecular complexity index is 1490. The van der Waals surface area contributed by atoms with E-state index in [1.54, 1.807) is 12.1 Å². The van der Waals surface area contributed by atoms with Gasteiger partial charge in [0.1, 0.15) is 0 Å². The number of aromatic carboxylic acids is 1. The van der Waals surface area contributed by atoms with Gasteiger partial charge in [0.15, 0.2) is 0 Å². The van der Waals surface area contributed by atoms with E-state index in [0.29, 0.717) is 41.7 Å². The molecule has 1 saturated heterocycles. The number of carboxylic acid groups (broad SMARTS) is 1. The predicted molar refractivity (Wildman–Crippen MR) is 206 cm³/mol. The molecule has 0 bridgehead atoms. The summed E-state index contributed by atoms with van der Waals surface area (Å²) < 4.78 is 0. The zero-order valence-corrected chi connectivity index (χ0v) is 32.6. The van der Waals surface area contributed by atoms with Crippen molar-refractivity contribution in [2.75, 3.05) is 39.3 Å². The molecule has 51 heavy (non-hydrogen) atoms. The van der Waals surface area contributed by atoms with Gasteiger partial charge in [-0.25, -0.2) is 9.59 Å².